The van der Waals surface area contributed by atoms with Crippen LogP contribution in [0.3, 0.4) is 0 Å². The first kappa shape index (κ1) is 91.3. The van der Waals surface area contributed by atoms with Crippen molar-refractivity contribution in [2.24, 2.45) is 17.8 Å². The molecule has 640 valence electrons. The van der Waals surface area contributed by atoms with Crippen molar-refractivity contribution in [1.29, 1.82) is 0 Å². The molecule has 0 saturated carbocycles. The number of hydrogen-bond donors (Lipinski definition) is 7. The molecule has 9 aromatic rings. The normalized spacial score (nSPS) is 13.5. The minimum atomic E-state index is -1.38. The molecular formula is C88H99F2N11O20. The lowest BCUT2D eigenvalue weighted by atomic mass is 9.91. The molecule has 31 nitrogen and oxygen atoms in total. The van der Waals surface area contributed by atoms with Crippen molar-refractivity contribution in [3.05, 3.63) is 251 Å². The zero-order valence-electron chi connectivity index (χ0n) is 68.3. The third-order valence-electron chi connectivity index (χ3n) is 20.1. The molecule has 2 fully saturated rings. The van der Waals surface area contributed by atoms with E-state index in [0.717, 1.165) is 42.0 Å². The van der Waals surface area contributed by atoms with Crippen LogP contribution in [-0.4, -0.2) is 160 Å². The number of carboxylic acid groups (broad SMARTS) is 2. The molecular weight excluding hydrogens is 1570 g/mol. The van der Waals surface area contributed by atoms with Gasteiger partial charge in [0.1, 0.15) is 61.0 Å². The fraction of sp³-hybridized carbons (Fsp3) is 0.352. The number of piperazine rings is 2. The monoisotopic (exact) mass is 1670 g/mol. The number of carboxylic acids is 2. The number of ether oxygens (including phenoxy) is 5. The molecule has 0 unspecified atom stereocenters. The Morgan fingerprint density at radius 2 is 1.02 bits per heavy atom. The number of anilines is 3. The van der Waals surface area contributed by atoms with Gasteiger partial charge >= 0.3 is 36.2 Å². The number of fused-ring (bicyclic) bond motifs is 2. The first-order valence-electron chi connectivity index (χ1n) is 39.5. The van der Waals surface area contributed by atoms with E-state index in [2.05, 4.69) is 26.6 Å². The summed E-state index contributed by atoms with van der Waals surface area (Å²) in [7, 11) is 0. The Labute approximate surface area is 696 Å². The smallest absolute Gasteiger partial charge is 0.477 e. The number of carbonyl (C=O) groups is 9. The van der Waals surface area contributed by atoms with Crippen LogP contribution in [0.25, 0.3) is 21.8 Å². The highest BCUT2D eigenvalue weighted by molar-refractivity contribution is 5.95. The third-order valence-corrected chi connectivity index (χ3v) is 20.1. The van der Waals surface area contributed by atoms with Crippen molar-refractivity contribution in [3.8, 4) is 5.75 Å². The number of aromatic nitrogens is 2. The Balaban J connectivity index is 0.000000224. The minimum absolute atomic E-state index is 0.00368. The van der Waals surface area contributed by atoms with E-state index in [1.54, 1.807) is 88.5 Å². The summed E-state index contributed by atoms with van der Waals surface area (Å²) < 4.78 is 59.3. The van der Waals surface area contributed by atoms with E-state index in [-0.39, 0.29) is 115 Å². The number of pyridine rings is 2. The van der Waals surface area contributed by atoms with Crippen molar-refractivity contribution >= 4 is 98.4 Å². The number of nitro groups is 1. The number of rotatable bonds is 31. The number of esters is 1. The number of hydrogen-bond acceptors (Lipinski definition) is 22. The van der Waals surface area contributed by atoms with E-state index >= 15 is 4.39 Å². The summed E-state index contributed by atoms with van der Waals surface area (Å²) in [5.41, 5.74) is 4.01. The molecule has 2 aromatic heterocycles. The number of Topliss-reactive ketones (excluding diaryl/α,β-unsaturated/α-hetero) is 1. The average molecular weight is 1670 g/mol. The largest absolute Gasteiger partial charge is 0.514 e. The molecule has 2 aliphatic rings. The predicted molar refractivity (Wildman–Crippen MR) is 447 cm³/mol. The van der Waals surface area contributed by atoms with Gasteiger partial charge in [-0.1, -0.05) is 125 Å². The molecule has 121 heavy (non-hydrogen) atoms. The highest BCUT2D eigenvalue weighted by Gasteiger charge is 2.31. The topological polar surface area (TPSA) is 397 Å². The number of halogens is 2. The van der Waals surface area contributed by atoms with Crippen molar-refractivity contribution in [1.82, 2.24) is 35.3 Å². The maximum Gasteiger partial charge on any atom is 0.514 e. The van der Waals surface area contributed by atoms with Crippen LogP contribution in [0.2, 0.25) is 0 Å². The van der Waals surface area contributed by atoms with Crippen LogP contribution in [0.15, 0.2) is 180 Å². The van der Waals surface area contributed by atoms with Gasteiger partial charge < -0.3 is 84.3 Å². The summed E-state index contributed by atoms with van der Waals surface area (Å²) in [6, 6.07) is 41.4. The lowest BCUT2D eigenvalue weighted by Gasteiger charge is -2.35. The summed E-state index contributed by atoms with van der Waals surface area (Å²) in [6.45, 7) is 20.0. The molecule has 7 N–H and O–H groups in total. The van der Waals surface area contributed by atoms with E-state index in [9.17, 15) is 72.4 Å². The van der Waals surface area contributed by atoms with Crippen LogP contribution < -0.4 is 52.0 Å². The van der Waals surface area contributed by atoms with E-state index in [1.165, 1.54) is 41.6 Å². The molecule has 4 heterocycles. The van der Waals surface area contributed by atoms with Crippen LogP contribution in [0.1, 0.15) is 110 Å². The molecule has 0 radical (unpaired) electrons. The van der Waals surface area contributed by atoms with Gasteiger partial charge in [-0.2, -0.15) is 0 Å². The molecule has 2 aliphatic heterocycles. The fourth-order valence-electron chi connectivity index (χ4n) is 13.2. The van der Waals surface area contributed by atoms with Crippen molar-refractivity contribution in [3.63, 3.8) is 0 Å². The number of ketones is 1. The third kappa shape index (κ3) is 26.0. The zero-order valence-corrected chi connectivity index (χ0v) is 68.3. The lowest BCUT2D eigenvalue weighted by molar-refractivity contribution is -0.384. The van der Waals surface area contributed by atoms with E-state index in [0.29, 0.717) is 79.2 Å². The average Bonchev–Trinajstić information content (AvgIpc) is 0.769. The number of nitro benzene ring substituents is 1. The summed E-state index contributed by atoms with van der Waals surface area (Å²) >= 11 is 0. The van der Waals surface area contributed by atoms with E-state index in [1.807, 2.05) is 107 Å². The molecule has 4 atom stereocenters. The molecule has 2 saturated heterocycles. The second-order valence-corrected chi connectivity index (χ2v) is 29.5. The Morgan fingerprint density at radius 1 is 0.545 bits per heavy atom. The number of carbonyl (C=O) groups excluding carboxylic acids is 7. The van der Waals surface area contributed by atoms with E-state index in [4.69, 9.17) is 28.8 Å². The van der Waals surface area contributed by atoms with Gasteiger partial charge in [0.25, 0.3) is 5.69 Å². The maximum atomic E-state index is 15.3. The minimum Gasteiger partial charge on any atom is -0.477 e. The van der Waals surface area contributed by atoms with Gasteiger partial charge in [0.15, 0.2) is 5.78 Å². The maximum absolute atomic E-state index is 15.3. The first-order valence-corrected chi connectivity index (χ1v) is 39.5. The Kier molecular flexibility index (Phi) is 33.0. The van der Waals surface area contributed by atoms with Gasteiger partial charge in [-0.05, 0) is 116 Å². The summed E-state index contributed by atoms with van der Waals surface area (Å²) in [6.07, 6.45) is 0.420. The number of nitrogens with one attached hydrogen (secondary N) is 5. The van der Waals surface area contributed by atoms with Crippen LogP contribution in [0.4, 0.5) is 45.9 Å². The zero-order chi connectivity index (χ0) is 87.6. The Morgan fingerprint density at radius 3 is 1.52 bits per heavy atom. The highest BCUT2D eigenvalue weighted by Crippen LogP contribution is 2.30. The van der Waals surface area contributed by atoms with Crippen molar-refractivity contribution in [2.75, 3.05) is 74.0 Å². The van der Waals surface area contributed by atoms with Gasteiger partial charge in [-0.15, -0.1) is 0 Å². The number of non-ortho nitro benzene ring substituents is 1. The number of alkyl carbamates (subject to hydrolysis) is 1. The molecule has 4 amide bonds. The number of aryl methyl sites for hydroxylation is 2. The number of aromatic carboxylic acids is 2. The number of amides is 4. The fourth-order valence-corrected chi connectivity index (χ4v) is 13.2. The molecule has 33 heteroatoms. The predicted octanol–water partition coefficient (Wildman–Crippen LogP) is 11.8. The van der Waals surface area contributed by atoms with Crippen molar-refractivity contribution in [2.45, 2.75) is 126 Å². The first-order chi connectivity index (χ1) is 57.9. The molecule has 0 bridgehead atoms. The standard InChI is InChI=1S/C42H47FN4O9.C30H34N4O8.C16H18FN3O3/c1-5-45-23-33(41(52)53)39(50)32-20-34(43)36(22-35(32)45)46-15-17-47(18-16-46)42(54)56-25-30-13-11-28(12-14-30)19-37(48)27(4)44-40(51)31(26(2)3)21-38(49)55-24-29-9-7-6-8-10-29;1-20(2)27(33-29(36)40-18-22-7-5-4-6-8-22)28(35)32-21(3)17-31-24-11-9-23(10-12-24)19-41-30(37)42-26-15-13-25(14-16-26)34(38)39;1-2-19-9-11(16(22)23)15(21)10-7-12(17)14(8-13(10)19)20-5-3-18-4-6-20/h6-14,20,22-23,26-27,31H,5,15-19,21,24-25H2,1-4H3,(H,44,51)(H,52,53);4-16,20-21,27,31H,17-19H2,1-3H3,(H,32,35)(H,33,36);7-9,18H,2-6H2,1H3,(H,22,23)/t27-,31-;21-,27-;/m00./s1. The van der Waals surface area contributed by atoms with Gasteiger partial charge in [-0.25, -0.2) is 32.8 Å². The quantitative estimate of drug-likeness (QED) is 0.00697. The SMILES string of the molecule is CC(C)[C@H](NC(=O)OCc1ccccc1)C(=O)N[C@@H](C)CNc1ccc(COC(=O)Oc2ccc([N+](=O)[O-])cc2)cc1.CCn1cc(C(=O)O)c(=O)c2cc(F)c(N3CCN(C(=O)OCc4ccc(CC(=O)[C@H](C)NC(=O)[C@@H](CC(=O)OCc5ccccc5)C(C)C)cc4)CC3)cc21.CCn1cc(C(=O)O)c(=O)c2cc(F)c(N3CCNCC3)cc21. The van der Waals surface area contributed by atoms with E-state index < -0.39 is 93.1 Å². The van der Waals surface area contributed by atoms with Crippen molar-refractivity contribution < 1.29 is 90.8 Å². The van der Waals surface area contributed by atoms with Gasteiger partial charge in [-0.3, -0.25) is 38.9 Å². The molecule has 11 rings (SSSR count). The molecule has 0 aliphatic carbocycles. The van der Waals surface area contributed by atoms with Gasteiger partial charge in [0.2, 0.25) is 22.7 Å². The number of benzene rings is 7. The Hall–Kier alpha value is -13.6. The number of nitrogens with zero attached hydrogens (tertiary/aromatic N) is 6. The van der Waals surface area contributed by atoms with Crippen LogP contribution in [-0.2, 0) is 84.1 Å². The second kappa shape index (κ2) is 43.7. The van der Waals surface area contributed by atoms with Crippen LogP contribution in [0.5, 0.6) is 5.75 Å². The van der Waals surface area contributed by atoms with Gasteiger partial charge in [0.05, 0.1) is 45.7 Å². The Bertz CT molecular complexity index is 5280. The van der Waals surface area contributed by atoms with Gasteiger partial charge in [0, 0.05) is 125 Å². The summed E-state index contributed by atoms with van der Waals surface area (Å²) in [4.78, 5) is 152. The highest BCUT2D eigenvalue weighted by atomic mass is 19.1. The molecule has 0 spiro atoms. The summed E-state index contributed by atoms with van der Waals surface area (Å²) in [5, 5.41) is 44.1. The lowest BCUT2D eigenvalue weighted by Crippen LogP contribution is -2.52. The van der Waals surface area contributed by atoms with Crippen LogP contribution in [0, 0.1) is 39.5 Å². The second-order valence-electron chi connectivity index (χ2n) is 29.5. The molecule has 7 aromatic carbocycles. The summed E-state index contributed by atoms with van der Waals surface area (Å²) in [5.74, 6) is -6.08. The van der Waals surface area contributed by atoms with Crippen LogP contribution >= 0.6 is 0 Å².